The molecule has 0 saturated carbocycles. The minimum Gasteiger partial charge on any atom is -0.355 e. The first-order valence-electron chi connectivity index (χ1n) is 8.19. The molecule has 1 atom stereocenters. The fraction of sp³-hybridized carbons (Fsp3) is 0.588. The largest absolute Gasteiger partial charge is 0.355 e. The summed E-state index contributed by atoms with van der Waals surface area (Å²) in [6, 6.07) is 0. The van der Waals surface area contributed by atoms with E-state index in [0.29, 0.717) is 11.7 Å². The van der Waals surface area contributed by atoms with E-state index in [0.717, 1.165) is 35.2 Å². The van der Waals surface area contributed by atoms with Gasteiger partial charge in [-0.1, -0.05) is 32.5 Å². The van der Waals surface area contributed by atoms with Crippen LogP contribution in [0.4, 0.5) is 0 Å². The Morgan fingerprint density at radius 1 is 1.48 bits per heavy atom. The molecule has 1 aliphatic rings. The number of rotatable bonds is 5. The van der Waals surface area contributed by atoms with Gasteiger partial charge in [0.1, 0.15) is 16.2 Å². The van der Waals surface area contributed by atoms with Gasteiger partial charge < -0.3 is 5.32 Å². The molecule has 23 heavy (non-hydrogen) atoms. The number of hydrogen-bond acceptors (Lipinski definition) is 5. The van der Waals surface area contributed by atoms with Crippen molar-refractivity contribution < 1.29 is 4.79 Å². The van der Waals surface area contributed by atoms with Gasteiger partial charge in [0, 0.05) is 16.8 Å². The van der Waals surface area contributed by atoms with Crippen LogP contribution in [-0.4, -0.2) is 28.2 Å². The molecule has 1 amide bonds. The predicted octanol–water partition coefficient (Wildman–Crippen LogP) is 3.68. The lowest BCUT2D eigenvalue weighted by Crippen LogP contribution is -2.28. The van der Waals surface area contributed by atoms with Crippen molar-refractivity contribution in [2.75, 3.05) is 12.3 Å². The number of carbonyl (C=O) groups excluding carboxylic acids is 1. The number of fused-ring (bicyclic) bond motifs is 3. The van der Waals surface area contributed by atoms with Gasteiger partial charge in [0.25, 0.3) is 0 Å². The van der Waals surface area contributed by atoms with E-state index < -0.39 is 0 Å². The predicted molar refractivity (Wildman–Crippen MR) is 97.2 cm³/mol. The molecule has 3 rings (SSSR count). The Balaban J connectivity index is 1.77. The quantitative estimate of drug-likeness (QED) is 0.661. The fourth-order valence-electron chi connectivity index (χ4n) is 2.86. The standard InChI is InChI=1S/C17H23N3OS2/c1-10(2)7-18-14(21)8-22-16-15-12-5-4-11(3)6-13(12)23-17(15)20-9-19-16/h9-11H,4-8H2,1-3H3,(H,18,21)/t11-/m1/s1. The van der Waals surface area contributed by atoms with Crippen LogP contribution in [0.2, 0.25) is 0 Å². The molecule has 0 aromatic carbocycles. The summed E-state index contributed by atoms with van der Waals surface area (Å²) >= 11 is 3.33. The van der Waals surface area contributed by atoms with Crippen molar-refractivity contribution in [2.45, 2.75) is 45.1 Å². The lowest BCUT2D eigenvalue weighted by Gasteiger charge is -2.18. The second kappa shape index (κ2) is 7.18. The molecule has 124 valence electrons. The van der Waals surface area contributed by atoms with E-state index >= 15 is 0 Å². The van der Waals surface area contributed by atoms with Crippen molar-refractivity contribution in [1.29, 1.82) is 0 Å². The van der Waals surface area contributed by atoms with Gasteiger partial charge in [0.15, 0.2) is 0 Å². The number of nitrogens with zero attached hydrogens (tertiary/aromatic N) is 2. The van der Waals surface area contributed by atoms with Gasteiger partial charge >= 0.3 is 0 Å². The molecule has 0 radical (unpaired) electrons. The van der Waals surface area contributed by atoms with Crippen LogP contribution in [-0.2, 0) is 17.6 Å². The molecule has 0 aliphatic heterocycles. The van der Waals surface area contributed by atoms with Crippen LogP contribution in [0.3, 0.4) is 0 Å². The summed E-state index contributed by atoms with van der Waals surface area (Å²) in [6.07, 6.45) is 5.11. The Morgan fingerprint density at radius 2 is 2.30 bits per heavy atom. The van der Waals surface area contributed by atoms with Gasteiger partial charge in [-0.25, -0.2) is 9.97 Å². The highest BCUT2D eigenvalue weighted by Gasteiger charge is 2.23. The Hall–Kier alpha value is -1.14. The molecule has 0 unspecified atom stereocenters. The molecular formula is C17H23N3OS2. The van der Waals surface area contributed by atoms with Crippen LogP contribution in [0, 0.1) is 11.8 Å². The van der Waals surface area contributed by atoms with Crippen LogP contribution >= 0.6 is 23.1 Å². The summed E-state index contributed by atoms with van der Waals surface area (Å²) in [4.78, 5) is 23.4. The first-order valence-corrected chi connectivity index (χ1v) is 9.99. The molecule has 4 nitrogen and oxygen atoms in total. The maximum atomic E-state index is 12.0. The average molecular weight is 350 g/mol. The van der Waals surface area contributed by atoms with Crippen LogP contribution in [0.15, 0.2) is 11.4 Å². The van der Waals surface area contributed by atoms with Crippen molar-refractivity contribution in [3.05, 3.63) is 16.8 Å². The van der Waals surface area contributed by atoms with Gasteiger partial charge in [-0.3, -0.25) is 4.79 Å². The highest BCUT2D eigenvalue weighted by atomic mass is 32.2. The van der Waals surface area contributed by atoms with Gasteiger partial charge in [-0.2, -0.15) is 0 Å². The highest BCUT2D eigenvalue weighted by Crippen LogP contribution is 2.40. The number of thiophene rings is 1. The van der Waals surface area contributed by atoms with E-state index in [-0.39, 0.29) is 5.91 Å². The zero-order chi connectivity index (χ0) is 16.4. The van der Waals surface area contributed by atoms with E-state index in [9.17, 15) is 4.79 Å². The number of aryl methyl sites for hydroxylation is 1. The van der Waals surface area contributed by atoms with E-state index in [4.69, 9.17) is 0 Å². The van der Waals surface area contributed by atoms with Crippen LogP contribution < -0.4 is 5.32 Å². The van der Waals surface area contributed by atoms with E-state index in [1.165, 1.54) is 34.0 Å². The number of carbonyl (C=O) groups is 1. The lowest BCUT2D eigenvalue weighted by atomic mass is 9.89. The fourth-order valence-corrected chi connectivity index (χ4v) is 5.13. The van der Waals surface area contributed by atoms with Gasteiger partial charge in [-0.15, -0.1) is 11.3 Å². The third kappa shape index (κ3) is 3.86. The Kier molecular flexibility index (Phi) is 5.21. The van der Waals surface area contributed by atoms with Crippen molar-refractivity contribution in [3.8, 4) is 0 Å². The third-order valence-corrected chi connectivity index (χ3v) is 6.26. The smallest absolute Gasteiger partial charge is 0.230 e. The highest BCUT2D eigenvalue weighted by molar-refractivity contribution is 8.00. The van der Waals surface area contributed by atoms with Gasteiger partial charge in [-0.05, 0) is 36.7 Å². The first kappa shape index (κ1) is 16.7. The Bertz CT molecular complexity index is 711. The lowest BCUT2D eigenvalue weighted by molar-refractivity contribution is -0.118. The Morgan fingerprint density at radius 3 is 3.09 bits per heavy atom. The number of thioether (sulfide) groups is 1. The second-order valence-corrected chi connectivity index (χ2v) is 8.75. The van der Waals surface area contributed by atoms with Gasteiger partial charge in [0.05, 0.1) is 5.75 Å². The first-order chi connectivity index (χ1) is 11.0. The SMILES string of the molecule is CC(C)CNC(=O)CSc1ncnc2sc3c(c12)CC[C@@H](C)C3. The van der Waals surface area contributed by atoms with Crippen LogP contribution in [0.1, 0.15) is 37.6 Å². The summed E-state index contributed by atoms with van der Waals surface area (Å²) in [5.74, 6) is 1.72. The van der Waals surface area contributed by atoms with E-state index in [1.54, 1.807) is 17.7 Å². The Labute approximate surface area is 145 Å². The molecule has 0 spiro atoms. The number of hydrogen-bond donors (Lipinski definition) is 1. The molecular weight excluding hydrogens is 326 g/mol. The maximum Gasteiger partial charge on any atom is 0.230 e. The molecule has 0 fully saturated rings. The minimum absolute atomic E-state index is 0.0770. The second-order valence-electron chi connectivity index (χ2n) is 6.70. The van der Waals surface area contributed by atoms with Crippen molar-refractivity contribution >= 4 is 39.2 Å². The molecule has 1 N–H and O–H groups in total. The maximum absolute atomic E-state index is 12.0. The zero-order valence-corrected chi connectivity index (χ0v) is 15.5. The van der Waals surface area contributed by atoms with E-state index in [1.807, 2.05) is 0 Å². The zero-order valence-electron chi connectivity index (χ0n) is 13.9. The molecule has 2 aromatic heterocycles. The van der Waals surface area contributed by atoms with Crippen LogP contribution in [0.25, 0.3) is 10.2 Å². The third-order valence-electron chi connectivity index (χ3n) is 4.10. The van der Waals surface area contributed by atoms with E-state index in [2.05, 4.69) is 36.1 Å². The van der Waals surface area contributed by atoms with Crippen molar-refractivity contribution in [2.24, 2.45) is 11.8 Å². The summed E-state index contributed by atoms with van der Waals surface area (Å²) < 4.78 is 0. The topological polar surface area (TPSA) is 54.9 Å². The minimum atomic E-state index is 0.0770. The molecule has 6 heteroatoms. The van der Waals surface area contributed by atoms with Crippen LogP contribution in [0.5, 0.6) is 0 Å². The van der Waals surface area contributed by atoms with Crippen molar-refractivity contribution in [3.63, 3.8) is 0 Å². The summed E-state index contributed by atoms with van der Waals surface area (Å²) in [7, 11) is 0. The molecule has 1 aliphatic carbocycles. The van der Waals surface area contributed by atoms with Gasteiger partial charge in [0.2, 0.25) is 5.91 Å². The number of nitrogens with one attached hydrogen (secondary N) is 1. The molecule has 2 heterocycles. The molecule has 0 saturated heterocycles. The normalized spacial score (nSPS) is 17.5. The number of amides is 1. The molecule has 2 aromatic rings. The molecule has 0 bridgehead atoms. The summed E-state index contributed by atoms with van der Waals surface area (Å²) in [5, 5.41) is 5.12. The number of aromatic nitrogens is 2. The monoisotopic (exact) mass is 349 g/mol. The van der Waals surface area contributed by atoms with Crippen molar-refractivity contribution in [1.82, 2.24) is 15.3 Å². The summed E-state index contributed by atoms with van der Waals surface area (Å²) in [5.41, 5.74) is 1.42. The summed E-state index contributed by atoms with van der Waals surface area (Å²) in [6.45, 7) is 7.23. The average Bonchev–Trinajstić information content (AvgIpc) is 2.88.